The highest BCUT2D eigenvalue weighted by atomic mass is 16.5. The van der Waals surface area contributed by atoms with E-state index in [9.17, 15) is 0 Å². The van der Waals surface area contributed by atoms with Crippen LogP contribution in [0.5, 0.6) is 0 Å². The standard InChI is InChI=1S/C14H25N3O2/c1-4-6-15-9-13-8-12(5-7-16-13)17-10-14(19-3)11-18-2/h5,7-8,14-15H,4,6,9-11H2,1-3H3,(H,16,17). The molecule has 1 unspecified atom stereocenters. The minimum absolute atomic E-state index is 0.0554. The van der Waals surface area contributed by atoms with Crippen molar-refractivity contribution in [2.75, 3.05) is 39.2 Å². The third-order valence-corrected chi connectivity index (χ3v) is 2.77. The molecular weight excluding hydrogens is 242 g/mol. The van der Waals surface area contributed by atoms with E-state index >= 15 is 0 Å². The molecule has 0 spiro atoms. The first-order valence-corrected chi connectivity index (χ1v) is 6.71. The van der Waals surface area contributed by atoms with Gasteiger partial charge in [0.15, 0.2) is 0 Å². The van der Waals surface area contributed by atoms with Crippen LogP contribution in [-0.2, 0) is 16.0 Å². The Hall–Kier alpha value is -1.17. The lowest BCUT2D eigenvalue weighted by atomic mass is 10.3. The van der Waals surface area contributed by atoms with Crippen molar-refractivity contribution in [3.8, 4) is 0 Å². The fourth-order valence-corrected chi connectivity index (χ4v) is 1.71. The fourth-order valence-electron chi connectivity index (χ4n) is 1.71. The van der Waals surface area contributed by atoms with Crippen LogP contribution in [-0.4, -0.2) is 45.0 Å². The zero-order valence-electron chi connectivity index (χ0n) is 12.1. The molecule has 0 aromatic carbocycles. The van der Waals surface area contributed by atoms with Crippen LogP contribution in [0.1, 0.15) is 19.0 Å². The van der Waals surface area contributed by atoms with Crippen molar-refractivity contribution in [3.63, 3.8) is 0 Å². The van der Waals surface area contributed by atoms with Gasteiger partial charge >= 0.3 is 0 Å². The fraction of sp³-hybridized carbons (Fsp3) is 0.643. The molecule has 1 aromatic heterocycles. The molecule has 108 valence electrons. The van der Waals surface area contributed by atoms with Gasteiger partial charge in [-0.3, -0.25) is 4.98 Å². The predicted molar refractivity (Wildman–Crippen MR) is 77.4 cm³/mol. The van der Waals surface area contributed by atoms with Gasteiger partial charge in [-0.05, 0) is 25.1 Å². The number of hydrogen-bond acceptors (Lipinski definition) is 5. The maximum absolute atomic E-state index is 5.31. The number of nitrogens with zero attached hydrogens (tertiary/aromatic N) is 1. The third-order valence-electron chi connectivity index (χ3n) is 2.77. The van der Waals surface area contributed by atoms with Crippen molar-refractivity contribution in [2.45, 2.75) is 26.0 Å². The number of aromatic nitrogens is 1. The highest BCUT2D eigenvalue weighted by Crippen LogP contribution is 2.08. The van der Waals surface area contributed by atoms with Gasteiger partial charge in [-0.1, -0.05) is 6.92 Å². The SMILES string of the molecule is CCCNCc1cc(NCC(COC)OC)ccn1. The molecule has 0 fully saturated rings. The molecule has 19 heavy (non-hydrogen) atoms. The first kappa shape index (κ1) is 15.9. The summed E-state index contributed by atoms with van der Waals surface area (Å²) in [4.78, 5) is 4.34. The van der Waals surface area contributed by atoms with Gasteiger partial charge in [0.1, 0.15) is 0 Å². The first-order chi connectivity index (χ1) is 9.30. The summed E-state index contributed by atoms with van der Waals surface area (Å²) < 4.78 is 10.4. The monoisotopic (exact) mass is 267 g/mol. The summed E-state index contributed by atoms with van der Waals surface area (Å²) in [6.45, 7) is 5.27. The molecule has 2 N–H and O–H groups in total. The van der Waals surface area contributed by atoms with E-state index in [4.69, 9.17) is 9.47 Å². The number of ether oxygens (including phenoxy) is 2. The lowest BCUT2D eigenvalue weighted by Gasteiger charge is -2.16. The molecule has 0 bridgehead atoms. The van der Waals surface area contributed by atoms with Gasteiger partial charge in [-0.15, -0.1) is 0 Å². The molecule has 1 rings (SSSR count). The summed E-state index contributed by atoms with van der Waals surface area (Å²) in [7, 11) is 3.37. The Balaban J connectivity index is 2.42. The van der Waals surface area contributed by atoms with Gasteiger partial charge in [0.2, 0.25) is 0 Å². The summed E-state index contributed by atoms with van der Waals surface area (Å²) in [6.07, 6.45) is 3.01. The molecule has 0 radical (unpaired) electrons. The normalized spacial score (nSPS) is 12.4. The molecule has 0 aliphatic rings. The second-order valence-electron chi connectivity index (χ2n) is 4.41. The second kappa shape index (κ2) is 9.72. The number of anilines is 1. The number of pyridine rings is 1. The molecule has 0 aliphatic carbocycles. The van der Waals surface area contributed by atoms with Gasteiger partial charge in [0.05, 0.1) is 18.4 Å². The molecule has 0 saturated heterocycles. The predicted octanol–water partition coefficient (Wildman–Crippen LogP) is 1.65. The molecular formula is C14H25N3O2. The molecule has 1 atom stereocenters. The Labute approximate surface area is 115 Å². The molecule has 1 aromatic rings. The van der Waals surface area contributed by atoms with Gasteiger partial charge in [-0.2, -0.15) is 0 Å². The quantitative estimate of drug-likeness (QED) is 0.631. The van der Waals surface area contributed by atoms with Gasteiger partial charge < -0.3 is 20.1 Å². The molecule has 0 saturated carbocycles. The maximum Gasteiger partial charge on any atom is 0.0976 e. The van der Waals surface area contributed by atoms with Crippen molar-refractivity contribution in [2.24, 2.45) is 0 Å². The molecule has 0 amide bonds. The minimum atomic E-state index is 0.0554. The average Bonchev–Trinajstić information content (AvgIpc) is 2.44. The van der Waals surface area contributed by atoms with Crippen molar-refractivity contribution in [3.05, 3.63) is 24.0 Å². The van der Waals surface area contributed by atoms with E-state index in [-0.39, 0.29) is 6.10 Å². The summed E-state index contributed by atoms with van der Waals surface area (Å²) in [6, 6.07) is 4.02. The lowest BCUT2D eigenvalue weighted by Crippen LogP contribution is -2.26. The van der Waals surface area contributed by atoms with Crippen LogP contribution < -0.4 is 10.6 Å². The van der Waals surface area contributed by atoms with Crippen LogP contribution in [0.15, 0.2) is 18.3 Å². The van der Waals surface area contributed by atoms with Crippen LogP contribution in [0.3, 0.4) is 0 Å². The topological polar surface area (TPSA) is 55.4 Å². The van der Waals surface area contributed by atoms with Crippen LogP contribution in [0.4, 0.5) is 5.69 Å². The van der Waals surface area contributed by atoms with Crippen molar-refractivity contribution >= 4 is 5.69 Å². The summed E-state index contributed by atoms with van der Waals surface area (Å²) >= 11 is 0. The summed E-state index contributed by atoms with van der Waals surface area (Å²) in [5.41, 5.74) is 2.10. The Bertz CT molecular complexity index is 347. The average molecular weight is 267 g/mol. The van der Waals surface area contributed by atoms with Crippen molar-refractivity contribution in [1.29, 1.82) is 0 Å². The van der Waals surface area contributed by atoms with E-state index in [1.165, 1.54) is 0 Å². The van der Waals surface area contributed by atoms with E-state index in [0.717, 1.165) is 37.4 Å². The second-order valence-corrected chi connectivity index (χ2v) is 4.41. The largest absolute Gasteiger partial charge is 0.382 e. The highest BCUT2D eigenvalue weighted by Gasteiger charge is 2.06. The molecule has 5 heteroatoms. The Morgan fingerprint density at radius 1 is 1.37 bits per heavy atom. The Morgan fingerprint density at radius 3 is 2.89 bits per heavy atom. The zero-order valence-corrected chi connectivity index (χ0v) is 12.1. The summed E-state index contributed by atoms with van der Waals surface area (Å²) in [5, 5.41) is 6.68. The maximum atomic E-state index is 5.31. The van der Waals surface area contributed by atoms with Gasteiger partial charge in [0, 0.05) is 39.2 Å². The van der Waals surface area contributed by atoms with Crippen LogP contribution in [0.2, 0.25) is 0 Å². The van der Waals surface area contributed by atoms with E-state index in [2.05, 4.69) is 28.6 Å². The third kappa shape index (κ3) is 6.52. The number of rotatable bonds is 10. The molecule has 1 heterocycles. The van der Waals surface area contributed by atoms with E-state index in [0.29, 0.717) is 6.61 Å². The smallest absolute Gasteiger partial charge is 0.0976 e. The van der Waals surface area contributed by atoms with Gasteiger partial charge in [0.25, 0.3) is 0 Å². The van der Waals surface area contributed by atoms with Crippen LogP contribution in [0, 0.1) is 0 Å². The Morgan fingerprint density at radius 2 is 2.21 bits per heavy atom. The minimum Gasteiger partial charge on any atom is -0.382 e. The Kier molecular flexibility index (Phi) is 8.13. The number of nitrogens with one attached hydrogen (secondary N) is 2. The number of hydrogen-bond donors (Lipinski definition) is 2. The lowest BCUT2D eigenvalue weighted by molar-refractivity contribution is 0.0365. The highest BCUT2D eigenvalue weighted by molar-refractivity contribution is 5.43. The summed E-state index contributed by atoms with van der Waals surface area (Å²) in [5.74, 6) is 0. The van der Waals surface area contributed by atoms with Crippen LogP contribution >= 0.6 is 0 Å². The number of methoxy groups -OCH3 is 2. The zero-order chi connectivity index (χ0) is 13.9. The van der Waals surface area contributed by atoms with Crippen LogP contribution in [0.25, 0.3) is 0 Å². The molecule has 0 aliphatic heterocycles. The van der Waals surface area contributed by atoms with E-state index in [1.54, 1.807) is 14.2 Å². The first-order valence-electron chi connectivity index (χ1n) is 6.71. The van der Waals surface area contributed by atoms with E-state index in [1.807, 2.05) is 12.3 Å². The van der Waals surface area contributed by atoms with Crippen molar-refractivity contribution in [1.82, 2.24) is 10.3 Å². The van der Waals surface area contributed by atoms with E-state index < -0.39 is 0 Å². The van der Waals surface area contributed by atoms with Gasteiger partial charge in [-0.25, -0.2) is 0 Å². The van der Waals surface area contributed by atoms with Crippen molar-refractivity contribution < 1.29 is 9.47 Å². The molecule has 5 nitrogen and oxygen atoms in total.